The Labute approximate surface area is 128 Å². The van der Waals surface area contributed by atoms with E-state index in [9.17, 15) is 0 Å². The van der Waals surface area contributed by atoms with E-state index in [1.54, 1.807) is 0 Å². The zero-order valence-corrected chi connectivity index (χ0v) is 13.2. The van der Waals surface area contributed by atoms with Crippen LogP contribution in [0.3, 0.4) is 0 Å². The van der Waals surface area contributed by atoms with Crippen LogP contribution in [-0.4, -0.2) is 6.61 Å². The molecule has 1 aromatic heterocycles. The Kier molecular flexibility index (Phi) is 3.59. The number of ether oxygens (including phenoxy) is 1. The van der Waals surface area contributed by atoms with Crippen molar-refractivity contribution in [2.24, 2.45) is 0 Å². The number of alkyl halides is 1. The van der Waals surface area contributed by atoms with Crippen LogP contribution in [0.1, 0.15) is 21.4 Å². The van der Waals surface area contributed by atoms with E-state index in [2.05, 4.69) is 22.0 Å². The van der Waals surface area contributed by atoms with Crippen molar-refractivity contribution in [1.82, 2.24) is 0 Å². The molecule has 5 heteroatoms. The maximum atomic E-state index is 6.51. The van der Waals surface area contributed by atoms with Crippen molar-refractivity contribution >= 4 is 50.5 Å². The summed E-state index contributed by atoms with van der Waals surface area (Å²) in [7, 11) is 0. The molecule has 94 valence electrons. The maximum absolute atomic E-state index is 6.51. The van der Waals surface area contributed by atoms with Crippen LogP contribution >= 0.6 is 50.5 Å². The number of hydrogen-bond donors (Lipinski definition) is 0. The molecule has 0 amide bonds. The van der Waals surface area contributed by atoms with E-state index >= 15 is 0 Å². The molecule has 3 rings (SSSR count). The summed E-state index contributed by atoms with van der Waals surface area (Å²) in [5.41, 5.74) is 2.33. The molecular weight excluding hydrogens is 355 g/mol. The highest BCUT2D eigenvalue weighted by Gasteiger charge is 2.19. The summed E-state index contributed by atoms with van der Waals surface area (Å²) in [6.07, 6.45) is 0.960. The zero-order chi connectivity index (χ0) is 12.7. The Morgan fingerprint density at radius 1 is 1.33 bits per heavy atom. The molecule has 0 saturated heterocycles. The summed E-state index contributed by atoms with van der Waals surface area (Å²) < 4.78 is 7.13. The molecule has 2 aromatic rings. The summed E-state index contributed by atoms with van der Waals surface area (Å²) in [5.74, 6) is 0.980. The van der Waals surface area contributed by atoms with Crippen molar-refractivity contribution in [3.8, 4) is 5.75 Å². The average Bonchev–Trinajstić information content (AvgIpc) is 2.95. The Bertz CT molecular complexity index is 577. The van der Waals surface area contributed by atoms with Gasteiger partial charge in [-0.25, -0.2) is 0 Å². The fourth-order valence-electron chi connectivity index (χ4n) is 2.02. The average molecular weight is 364 g/mol. The molecule has 1 aromatic carbocycles. The van der Waals surface area contributed by atoms with Crippen molar-refractivity contribution < 1.29 is 4.74 Å². The van der Waals surface area contributed by atoms with Gasteiger partial charge in [-0.2, -0.15) is 0 Å². The van der Waals surface area contributed by atoms with Crippen LogP contribution in [0.25, 0.3) is 0 Å². The van der Waals surface area contributed by atoms with Crippen LogP contribution in [-0.2, 0) is 6.42 Å². The fourth-order valence-corrected chi connectivity index (χ4v) is 4.09. The van der Waals surface area contributed by atoms with Crippen LogP contribution in [0.5, 0.6) is 5.75 Å². The lowest BCUT2D eigenvalue weighted by molar-refractivity contribution is 0.357. The van der Waals surface area contributed by atoms with Crippen LogP contribution in [0, 0.1) is 0 Å². The van der Waals surface area contributed by atoms with Crippen molar-refractivity contribution in [1.29, 1.82) is 0 Å². The molecule has 18 heavy (non-hydrogen) atoms. The number of thiophene rings is 1. The van der Waals surface area contributed by atoms with E-state index in [0.717, 1.165) is 38.0 Å². The number of halogens is 3. The molecule has 1 unspecified atom stereocenters. The van der Waals surface area contributed by atoms with Crippen LogP contribution in [0.15, 0.2) is 28.7 Å². The first-order chi connectivity index (χ1) is 8.65. The molecule has 1 atom stereocenters. The van der Waals surface area contributed by atoms with E-state index in [1.165, 1.54) is 16.9 Å². The monoisotopic (exact) mass is 362 g/mol. The molecule has 0 aliphatic carbocycles. The Morgan fingerprint density at radius 2 is 2.17 bits per heavy atom. The standard InChI is InChI=1S/C13H9BrCl2OS/c14-9-6-11(18-13(9)16)12(15)8-1-2-10-7(5-8)3-4-17-10/h1-2,5-6,12H,3-4H2. The van der Waals surface area contributed by atoms with Gasteiger partial charge in [-0.1, -0.05) is 23.7 Å². The lowest BCUT2D eigenvalue weighted by atomic mass is 10.1. The highest BCUT2D eigenvalue weighted by Crippen LogP contribution is 2.41. The summed E-state index contributed by atoms with van der Waals surface area (Å²) in [5, 5.41) is -0.162. The summed E-state index contributed by atoms with van der Waals surface area (Å²) >= 11 is 17.5. The maximum Gasteiger partial charge on any atom is 0.122 e. The number of fused-ring (bicyclic) bond motifs is 1. The van der Waals surface area contributed by atoms with Gasteiger partial charge < -0.3 is 4.74 Å². The third-order valence-electron chi connectivity index (χ3n) is 2.92. The van der Waals surface area contributed by atoms with E-state index in [-0.39, 0.29) is 5.38 Å². The number of rotatable bonds is 2. The minimum atomic E-state index is -0.162. The van der Waals surface area contributed by atoms with Crippen molar-refractivity contribution in [2.75, 3.05) is 6.61 Å². The van der Waals surface area contributed by atoms with Gasteiger partial charge in [0.2, 0.25) is 0 Å². The molecule has 0 spiro atoms. The summed E-state index contributed by atoms with van der Waals surface area (Å²) in [6, 6.07) is 8.12. The quantitative estimate of drug-likeness (QED) is 0.646. The van der Waals surface area contributed by atoms with Gasteiger partial charge in [0.25, 0.3) is 0 Å². The van der Waals surface area contributed by atoms with Gasteiger partial charge in [-0.3, -0.25) is 0 Å². The van der Waals surface area contributed by atoms with Gasteiger partial charge >= 0.3 is 0 Å². The predicted octanol–water partition coefficient (Wildman–Crippen LogP) is 5.43. The highest BCUT2D eigenvalue weighted by molar-refractivity contribution is 9.10. The second kappa shape index (κ2) is 5.04. The topological polar surface area (TPSA) is 9.23 Å². The zero-order valence-electron chi connectivity index (χ0n) is 9.25. The third kappa shape index (κ3) is 2.29. The second-order valence-electron chi connectivity index (χ2n) is 4.10. The van der Waals surface area contributed by atoms with Gasteiger partial charge in [0.05, 0.1) is 12.0 Å². The molecule has 0 bridgehead atoms. The van der Waals surface area contributed by atoms with Gasteiger partial charge in [0, 0.05) is 15.8 Å². The molecule has 0 radical (unpaired) electrons. The van der Waals surface area contributed by atoms with Crippen molar-refractivity contribution in [2.45, 2.75) is 11.8 Å². The van der Waals surface area contributed by atoms with E-state index in [0.29, 0.717) is 0 Å². The van der Waals surface area contributed by atoms with Gasteiger partial charge in [-0.05, 0) is 39.2 Å². The molecular formula is C13H9BrCl2OS. The molecule has 0 fully saturated rings. The van der Waals surface area contributed by atoms with E-state index < -0.39 is 0 Å². The summed E-state index contributed by atoms with van der Waals surface area (Å²) in [4.78, 5) is 1.05. The third-order valence-corrected chi connectivity index (χ3v) is 6.08. The molecule has 1 aliphatic heterocycles. The van der Waals surface area contributed by atoms with Gasteiger partial charge in [0.1, 0.15) is 10.1 Å². The molecule has 2 heterocycles. The Balaban J connectivity index is 1.94. The van der Waals surface area contributed by atoms with Gasteiger partial charge in [0.15, 0.2) is 0 Å². The lowest BCUT2D eigenvalue weighted by Crippen LogP contribution is -1.91. The second-order valence-corrected chi connectivity index (χ2v) is 7.08. The minimum absolute atomic E-state index is 0.162. The predicted molar refractivity (Wildman–Crippen MR) is 80.4 cm³/mol. The minimum Gasteiger partial charge on any atom is -0.493 e. The lowest BCUT2D eigenvalue weighted by Gasteiger charge is -2.09. The highest BCUT2D eigenvalue weighted by atomic mass is 79.9. The van der Waals surface area contributed by atoms with Crippen LogP contribution in [0.2, 0.25) is 4.34 Å². The van der Waals surface area contributed by atoms with Crippen molar-refractivity contribution in [3.63, 3.8) is 0 Å². The van der Waals surface area contributed by atoms with Crippen LogP contribution < -0.4 is 4.74 Å². The molecule has 0 N–H and O–H groups in total. The molecule has 1 nitrogen and oxygen atoms in total. The Hall–Kier alpha value is -0.220. The van der Waals surface area contributed by atoms with Crippen LogP contribution in [0.4, 0.5) is 0 Å². The van der Waals surface area contributed by atoms with Gasteiger partial charge in [-0.15, -0.1) is 22.9 Å². The largest absolute Gasteiger partial charge is 0.493 e. The Morgan fingerprint density at radius 3 is 2.89 bits per heavy atom. The van der Waals surface area contributed by atoms with Crippen molar-refractivity contribution in [3.05, 3.63) is 49.1 Å². The molecule has 1 aliphatic rings. The normalized spacial score (nSPS) is 15.3. The van der Waals surface area contributed by atoms with E-state index in [4.69, 9.17) is 27.9 Å². The first-order valence-corrected chi connectivity index (χ1v) is 7.92. The smallest absolute Gasteiger partial charge is 0.122 e. The molecule has 0 saturated carbocycles. The summed E-state index contributed by atoms with van der Waals surface area (Å²) in [6.45, 7) is 0.766. The van der Waals surface area contributed by atoms with E-state index in [1.807, 2.05) is 18.2 Å². The SMILES string of the molecule is Clc1sc(C(Cl)c2ccc3c(c2)CCO3)cc1Br. The first-order valence-electron chi connectivity index (χ1n) is 5.49. The fraction of sp³-hybridized carbons (Fsp3) is 0.231. The first kappa shape index (κ1) is 12.8. The number of hydrogen-bond acceptors (Lipinski definition) is 2. The number of benzene rings is 1.